The van der Waals surface area contributed by atoms with Crippen molar-refractivity contribution >= 4 is 11.6 Å². The fraction of sp³-hybridized carbons (Fsp3) is 0.300. The summed E-state index contributed by atoms with van der Waals surface area (Å²) in [6, 6.07) is 11.7. The van der Waals surface area contributed by atoms with Gasteiger partial charge < -0.3 is 9.84 Å². The molecule has 0 aliphatic carbocycles. The van der Waals surface area contributed by atoms with Crippen LogP contribution >= 0.6 is 0 Å². The van der Waals surface area contributed by atoms with Crippen molar-refractivity contribution in [3.8, 4) is 11.4 Å². The largest absolute Gasteiger partial charge is 0.339 e. The normalized spacial score (nSPS) is 14.7. The predicted molar refractivity (Wildman–Crippen MR) is 101 cm³/mol. The minimum Gasteiger partial charge on any atom is -0.339 e. The Morgan fingerprint density at radius 1 is 1.26 bits per heavy atom. The molecular formula is C20H21N5O2. The maximum atomic E-state index is 12.2. The SMILES string of the molecule is CCc1ccc(NC(=O)CN2CC(c3nc(-c4cccnc4)no3)C2)cc1. The summed E-state index contributed by atoms with van der Waals surface area (Å²) >= 11 is 0. The highest BCUT2D eigenvalue weighted by molar-refractivity contribution is 5.92. The van der Waals surface area contributed by atoms with Crippen LogP contribution in [-0.2, 0) is 11.2 Å². The summed E-state index contributed by atoms with van der Waals surface area (Å²) in [7, 11) is 0. The van der Waals surface area contributed by atoms with Crippen LogP contribution in [0.1, 0.15) is 24.3 Å². The van der Waals surface area contributed by atoms with E-state index >= 15 is 0 Å². The monoisotopic (exact) mass is 363 g/mol. The number of aromatic nitrogens is 3. The van der Waals surface area contributed by atoms with Crippen molar-refractivity contribution in [3.05, 3.63) is 60.2 Å². The first-order valence-electron chi connectivity index (χ1n) is 9.06. The summed E-state index contributed by atoms with van der Waals surface area (Å²) in [5.41, 5.74) is 2.91. The van der Waals surface area contributed by atoms with Crippen molar-refractivity contribution in [2.24, 2.45) is 0 Å². The molecule has 4 rings (SSSR count). The van der Waals surface area contributed by atoms with E-state index in [1.165, 1.54) is 5.56 Å². The third-order valence-electron chi connectivity index (χ3n) is 4.68. The minimum atomic E-state index is -0.0146. The number of likely N-dealkylation sites (tertiary alicyclic amines) is 1. The van der Waals surface area contributed by atoms with Gasteiger partial charge >= 0.3 is 0 Å². The number of anilines is 1. The number of aryl methyl sites for hydroxylation is 1. The second-order valence-electron chi connectivity index (χ2n) is 6.69. The van der Waals surface area contributed by atoms with E-state index in [0.717, 1.165) is 30.8 Å². The predicted octanol–water partition coefficient (Wildman–Crippen LogP) is 2.73. The van der Waals surface area contributed by atoms with Crippen LogP contribution in [0.2, 0.25) is 0 Å². The molecule has 1 aromatic carbocycles. The summed E-state index contributed by atoms with van der Waals surface area (Å²) in [4.78, 5) is 22.8. The maximum Gasteiger partial charge on any atom is 0.238 e. The smallest absolute Gasteiger partial charge is 0.238 e. The molecule has 0 spiro atoms. The zero-order valence-corrected chi connectivity index (χ0v) is 15.1. The van der Waals surface area contributed by atoms with Crippen molar-refractivity contribution in [1.29, 1.82) is 0 Å². The van der Waals surface area contributed by atoms with Gasteiger partial charge in [0.1, 0.15) is 0 Å². The molecule has 1 saturated heterocycles. The molecule has 2 aromatic heterocycles. The van der Waals surface area contributed by atoms with Crippen molar-refractivity contribution in [2.75, 3.05) is 25.0 Å². The minimum absolute atomic E-state index is 0.0146. The molecule has 0 bridgehead atoms. The Morgan fingerprint density at radius 2 is 2.07 bits per heavy atom. The van der Waals surface area contributed by atoms with Crippen molar-refractivity contribution in [3.63, 3.8) is 0 Å². The lowest BCUT2D eigenvalue weighted by molar-refractivity contribution is -0.118. The van der Waals surface area contributed by atoms with Crippen LogP contribution in [0.15, 0.2) is 53.3 Å². The number of hydrogen-bond acceptors (Lipinski definition) is 6. The van der Waals surface area contributed by atoms with E-state index in [4.69, 9.17) is 4.52 Å². The molecule has 1 amide bonds. The summed E-state index contributed by atoms with van der Waals surface area (Å²) in [6.07, 6.45) is 4.40. The molecule has 3 heterocycles. The molecule has 0 radical (unpaired) electrons. The molecule has 7 heteroatoms. The summed E-state index contributed by atoms with van der Waals surface area (Å²) in [5.74, 6) is 1.31. The first-order chi connectivity index (χ1) is 13.2. The quantitative estimate of drug-likeness (QED) is 0.725. The van der Waals surface area contributed by atoms with Crippen LogP contribution in [0.4, 0.5) is 5.69 Å². The Bertz CT molecular complexity index is 902. The van der Waals surface area contributed by atoms with E-state index in [9.17, 15) is 4.79 Å². The average Bonchev–Trinajstić information content (AvgIpc) is 3.15. The van der Waals surface area contributed by atoms with E-state index in [2.05, 4.69) is 32.3 Å². The number of hydrogen-bond donors (Lipinski definition) is 1. The topological polar surface area (TPSA) is 84.2 Å². The number of carbonyl (C=O) groups is 1. The Kier molecular flexibility index (Phi) is 4.93. The van der Waals surface area contributed by atoms with Crippen LogP contribution < -0.4 is 5.32 Å². The third kappa shape index (κ3) is 4.03. The molecule has 1 fully saturated rings. The summed E-state index contributed by atoms with van der Waals surface area (Å²) < 4.78 is 5.38. The van der Waals surface area contributed by atoms with Gasteiger partial charge in [-0.2, -0.15) is 4.98 Å². The van der Waals surface area contributed by atoms with Gasteiger partial charge in [0.15, 0.2) is 0 Å². The van der Waals surface area contributed by atoms with Gasteiger partial charge in [0, 0.05) is 36.7 Å². The van der Waals surface area contributed by atoms with Crippen molar-refractivity contribution in [2.45, 2.75) is 19.3 Å². The van der Waals surface area contributed by atoms with Crippen molar-refractivity contribution < 1.29 is 9.32 Å². The fourth-order valence-electron chi connectivity index (χ4n) is 3.10. The number of carbonyl (C=O) groups excluding carboxylic acids is 1. The molecule has 3 aromatic rings. The lowest BCUT2D eigenvalue weighted by Gasteiger charge is -2.36. The van der Waals surface area contributed by atoms with Gasteiger partial charge in [-0.05, 0) is 36.2 Å². The second kappa shape index (κ2) is 7.67. The maximum absolute atomic E-state index is 12.2. The van der Waals surface area contributed by atoms with E-state index in [1.54, 1.807) is 12.4 Å². The fourth-order valence-corrected chi connectivity index (χ4v) is 3.10. The zero-order valence-electron chi connectivity index (χ0n) is 15.1. The molecule has 0 atom stereocenters. The van der Waals surface area contributed by atoms with Gasteiger partial charge in [-0.25, -0.2) is 0 Å². The molecule has 138 valence electrons. The van der Waals surface area contributed by atoms with Gasteiger partial charge in [0.2, 0.25) is 17.6 Å². The highest BCUT2D eigenvalue weighted by atomic mass is 16.5. The Hall–Kier alpha value is -3.06. The highest BCUT2D eigenvalue weighted by Crippen LogP contribution is 2.27. The van der Waals surface area contributed by atoms with Gasteiger partial charge in [0.05, 0.1) is 12.5 Å². The third-order valence-corrected chi connectivity index (χ3v) is 4.68. The standard InChI is InChI=1S/C20H21N5O2/c1-2-14-5-7-17(8-6-14)22-18(26)13-25-11-16(12-25)20-23-19(24-27-20)15-4-3-9-21-10-15/h3-10,16H,2,11-13H2,1H3,(H,22,26). The zero-order chi connectivity index (χ0) is 18.6. The Balaban J connectivity index is 1.27. The molecule has 27 heavy (non-hydrogen) atoms. The van der Waals surface area contributed by atoms with Gasteiger partial charge in [0.25, 0.3) is 0 Å². The number of amides is 1. The van der Waals surface area contributed by atoms with E-state index in [-0.39, 0.29) is 11.8 Å². The van der Waals surface area contributed by atoms with E-state index in [1.807, 2.05) is 36.4 Å². The van der Waals surface area contributed by atoms with Gasteiger partial charge in [-0.15, -0.1) is 0 Å². The molecule has 7 nitrogen and oxygen atoms in total. The van der Waals surface area contributed by atoms with E-state index < -0.39 is 0 Å². The van der Waals surface area contributed by atoms with Crippen LogP contribution in [-0.4, -0.2) is 45.6 Å². The number of pyridine rings is 1. The molecule has 1 N–H and O–H groups in total. The first-order valence-corrected chi connectivity index (χ1v) is 9.06. The van der Waals surface area contributed by atoms with Crippen LogP contribution in [0.5, 0.6) is 0 Å². The number of nitrogens with one attached hydrogen (secondary N) is 1. The number of rotatable bonds is 6. The van der Waals surface area contributed by atoms with Crippen molar-refractivity contribution in [1.82, 2.24) is 20.0 Å². The Labute approximate surface area is 157 Å². The molecule has 0 unspecified atom stereocenters. The molecule has 1 aliphatic heterocycles. The number of nitrogens with zero attached hydrogens (tertiary/aromatic N) is 4. The van der Waals surface area contributed by atoms with Gasteiger partial charge in [-0.3, -0.25) is 14.7 Å². The lowest BCUT2D eigenvalue weighted by atomic mass is 10.0. The van der Waals surface area contributed by atoms with Crippen LogP contribution in [0, 0.1) is 0 Å². The second-order valence-corrected chi connectivity index (χ2v) is 6.69. The molecule has 0 saturated carbocycles. The Morgan fingerprint density at radius 3 is 2.78 bits per heavy atom. The first kappa shape index (κ1) is 17.4. The van der Waals surface area contributed by atoms with E-state index in [0.29, 0.717) is 18.3 Å². The van der Waals surface area contributed by atoms with Crippen LogP contribution in [0.3, 0.4) is 0 Å². The highest BCUT2D eigenvalue weighted by Gasteiger charge is 2.33. The molecular weight excluding hydrogens is 342 g/mol. The summed E-state index contributed by atoms with van der Waals surface area (Å²) in [6.45, 7) is 3.93. The van der Waals surface area contributed by atoms with Gasteiger partial charge in [-0.1, -0.05) is 24.2 Å². The molecule has 1 aliphatic rings. The summed E-state index contributed by atoms with van der Waals surface area (Å²) in [5, 5.41) is 6.95. The lowest BCUT2D eigenvalue weighted by Crippen LogP contribution is -2.48. The number of benzene rings is 1. The van der Waals surface area contributed by atoms with Crippen LogP contribution in [0.25, 0.3) is 11.4 Å². The average molecular weight is 363 g/mol.